The lowest BCUT2D eigenvalue weighted by Crippen LogP contribution is -2.24. The Labute approximate surface area is 99.8 Å². The summed E-state index contributed by atoms with van der Waals surface area (Å²) in [6, 6.07) is 3.87. The van der Waals surface area contributed by atoms with Crippen molar-refractivity contribution in [2.75, 3.05) is 0 Å². The summed E-state index contributed by atoms with van der Waals surface area (Å²) in [5, 5.41) is 10.6. The maximum Gasteiger partial charge on any atom is 0.305 e. The third-order valence-electron chi connectivity index (χ3n) is 2.48. The number of rotatable bonds is 5. The van der Waals surface area contributed by atoms with Gasteiger partial charge in [0.25, 0.3) is 0 Å². The number of nitrogens with two attached hydrogens (primary N) is 1. The zero-order chi connectivity index (χ0) is 13.0. The van der Waals surface area contributed by atoms with Crippen LogP contribution in [0.3, 0.4) is 0 Å². The first-order chi connectivity index (χ1) is 7.90. The topological polar surface area (TPSA) is 69.2 Å². The van der Waals surface area contributed by atoms with Crippen LogP contribution in [0.15, 0.2) is 18.2 Å². The van der Waals surface area contributed by atoms with E-state index in [0.717, 1.165) is 12.5 Å². The van der Waals surface area contributed by atoms with Crippen LogP contribution < -0.4 is 5.73 Å². The quantitative estimate of drug-likeness (QED) is 0.635. The molecule has 0 saturated carbocycles. The van der Waals surface area contributed by atoms with E-state index in [9.17, 15) is 14.5 Å². The van der Waals surface area contributed by atoms with Crippen LogP contribution in [0, 0.1) is 21.8 Å². The average Bonchev–Trinajstić information content (AvgIpc) is 2.19. The van der Waals surface area contributed by atoms with E-state index in [1.807, 2.05) is 0 Å². The molecule has 0 radical (unpaired) electrons. The largest absolute Gasteiger partial charge is 0.327 e. The molecule has 17 heavy (non-hydrogen) atoms. The van der Waals surface area contributed by atoms with Crippen LogP contribution >= 0.6 is 0 Å². The van der Waals surface area contributed by atoms with Crippen LogP contribution in [0.4, 0.5) is 10.1 Å². The molecule has 1 aromatic carbocycles. The zero-order valence-corrected chi connectivity index (χ0v) is 10.0. The molecular formula is C12H17FN2O2. The van der Waals surface area contributed by atoms with Gasteiger partial charge in [-0.25, -0.2) is 0 Å². The fourth-order valence-electron chi connectivity index (χ4n) is 1.82. The van der Waals surface area contributed by atoms with Gasteiger partial charge in [0.1, 0.15) is 0 Å². The number of nitro groups is 1. The molecule has 5 heteroatoms. The summed E-state index contributed by atoms with van der Waals surface area (Å²) in [6.07, 6.45) is 1.37. The van der Waals surface area contributed by atoms with Crippen molar-refractivity contribution in [1.29, 1.82) is 0 Å². The molecule has 0 aliphatic rings. The van der Waals surface area contributed by atoms with Crippen LogP contribution in [-0.2, 0) is 6.42 Å². The molecule has 0 bridgehead atoms. The molecule has 0 amide bonds. The minimum atomic E-state index is -0.809. The Bertz CT molecular complexity index is 407. The van der Waals surface area contributed by atoms with E-state index in [0.29, 0.717) is 17.9 Å². The Morgan fingerprint density at radius 1 is 1.47 bits per heavy atom. The van der Waals surface area contributed by atoms with Gasteiger partial charge in [-0.15, -0.1) is 0 Å². The number of nitro benzene ring substituents is 1. The molecule has 0 aliphatic heterocycles. The van der Waals surface area contributed by atoms with Crippen LogP contribution in [0.25, 0.3) is 0 Å². The van der Waals surface area contributed by atoms with Gasteiger partial charge in [-0.1, -0.05) is 19.9 Å². The summed E-state index contributed by atoms with van der Waals surface area (Å²) in [5.74, 6) is -0.336. The Hall–Kier alpha value is -1.49. The predicted molar refractivity (Wildman–Crippen MR) is 64.2 cm³/mol. The standard InChI is InChI=1S/C12H17FN2O2/c1-8(2)5-10(14)6-9-3-4-11(13)12(7-9)15(16)17/h3-4,7-8,10H,5-6,14H2,1-2H3. The Balaban J connectivity index is 2.79. The van der Waals surface area contributed by atoms with Crippen molar-refractivity contribution in [3.63, 3.8) is 0 Å². The fraction of sp³-hybridized carbons (Fsp3) is 0.500. The molecule has 0 saturated heterocycles. The summed E-state index contributed by atoms with van der Waals surface area (Å²) in [7, 11) is 0. The summed E-state index contributed by atoms with van der Waals surface area (Å²) < 4.78 is 13.1. The summed E-state index contributed by atoms with van der Waals surface area (Å²) in [5.41, 5.74) is 6.12. The fourth-order valence-corrected chi connectivity index (χ4v) is 1.82. The van der Waals surface area contributed by atoms with Gasteiger partial charge in [-0.05, 0) is 30.4 Å². The first-order valence-corrected chi connectivity index (χ1v) is 5.58. The van der Waals surface area contributed by atoms with Crippen molar-refractivity contribution in [2.45, 2.75) is 32.7 Å². The first-order valence-electron chi connectivity index (χ1n) is 5.58. The van der Waals surface area contributed by atoms with E-state index in [4.69, 9.17) is 5.73 Å². The lowest BCUT2D eigenvalue weighted by atomic mass is 9.98. The lowest BCUT2D eigenvalue weighted by molar-refractivity contribution is -0.387. The SMILES string of the molecule is CC(C)CC(N)Cc1ccc(F)c([N+](=O)[O-])c1. The maximum absolute atomic E-state index is 13.1. The van der Waals surface area contributed by atoms with Crippen LogP contribution in [0.5, 0.6) is 0 Å². The van der Waals surface area contributed by atoms with Crippen molar-refractivity contribution < 1.29 is 9.31 Å². The number of hydrogen-bond donors (Lipinski definition) is 1. The van der Waals surface area contributed by atoms with Crippen LogP contribution in [0.2, 0.25) is 0 Å². The molecule has 1 aromatic rings. The maximum atomic E-state index is 13.1. The van der Waals surface area contributed by atoms with Crippen molar-refractivity contribution in [1.82, 2.24) is 0 Å². The zero-order valence-electron chi connectivity index (χ0n) is 10.0. The van der Waals surface area contributed by atoms with Gasteiger partial charge >= 0.3 is 5.69 Å². The van der Waals surface area contributed by atoms with Crippen molar-refractivity contribution in [2.24, 2.45) is 11.7 Å². The molecule has 0 aliphatic carbocycles. The van der Waals surface area contributed by atoms with E-state index in [-0.39, 0.29) is 6.04 Å². The normalized spacial score (nSPS) is 12.8. The summed E-state index contributed by atoms with van der Waals surface area (Å²) >= 11 is 0. The van der Waals surface area contributed by atoms with Gasteiger partial charge in [0.15, 0.2) is 0 Å². The van der Waals surface area contributed by atoms with E-state index >= 15 is 0 Å². The van der Waals surface area contributed by atoms with Gasteiger partial charge in [0.2, 0.25) is 5.82 Å². The van der Waals surface area contributed by atoms with Crippen molar-refractivity contribution in [3.8, 4) is 0 Å². The van der Waals surface area contributed by atoms with Crippen LogP contribution in [-0.4, -0.2) is 11.0 Å². The molecular weight excluding hydrogens is 223 g/mol. The average molecular weight is 240 g/mol. The van der Waals surface area contributed by atoms with E-state index in [1.165, 1.54) is 6.07 Å². The highest BCUT2D eigenvalue weighted by Crippen LogP contribution is 2.20. The van der Waals surface area contributed by atoms with Gasteiger partial charge in [-0.3, -0.25) is 10.1 Å². The van der Waals surface area contributed by atoms with Crippen LogP contribution in [0.1, 0.15) is 25.8 Å². The molecule has 0 aromatic heterocycles. The highest BCUT2D eigenvalue weighted by molar-refractivity contribution is 5.36. The Morgan fingerprint density at radius 2 is 2.12 bits per heavy atom. The number of hydrogen-bond acceptors (Lipinski definition) is 3. The van der Waals surface area contributed by atoms with Gasteiger partial charge in [0, 0.05) is 12.1 Å². The number of halogens is 1. The minimum Gasteiger partial charge on any atom is -0.327 e. The van der Waals surface area contributed by atoms with Crippen molar-refractivity contribution >= 4 is 5.69 Å². The number of nitrogens with zero attached hydrogens (tertiary/aromatic N) is 1. The molecule has 1 atom stereocenters. The molecule has 0 heterocycles. The van der Waals surface area contributed by atoms with E-state index in [2.05, 4.69) is 13.8 Å². The van der Waals surface area contributed by atoms with E-state index in [1.54, 1.807) is 6.07 Å². The highest BCUT2D eigenvalue weighted by Gasteiger charge is 2.15. The third-order valence-corrected chi connectivity index (χ3v) is 2.48. The molecule has 0 spiro atoms. The van der Waals surface area contributed by atoms with Gasteiger partial charge in [-0.2, -0.15) is 4.39 Å². The second kappa shape index (κ2) is 5.72. The minimum absolute atomic E-state index is 0.0555. The molecule has 4 nitrogen and oxygen atoms in total. The molecule has 1 unspecified atom stereocenters. The molecule has 94 valence electrons. The Kier molecular flexibility index (Phi) is 4.57. The molecule has 1 rings (SSSR count). The van der Waals surface area contributed by atoms with Crippen molar-refractivity contribution in [3.05, 3.63) is 39.7 Å². The molecule has 0 fully saturated rings. The van der Waals surface area contributed by atoms with Gasteiger partial charge < -0.3 is 5.73 Å². The second-order valence-electron chi connectivity index (χ2n) is 4.64. The Morgan fingerprint density at radius 3 is 2.65 bits per heavy atom. The third kappa shape index (κ3) is 4.11. The van der Waals surface area contributed by atoms with Gasteiger partial charge in [0.05, 0.1) is 4.92 Å². The summed E-state index contributed by atoms with van der Waals surface area (Å²) in [4.78, 5) is 9.86. The monoisotopic (exact) mass is 240 g/mol. The molecule has 2 N–H and O–H groups in total. The number of benzene rings is 1. The van der Waals surface area contributed by atoms with E-state index < -0.39 is 16.4 Å². The smallest absolute Gasteiger partial charge is 0.305 e. The highest BCUT2D eigenvalue weighted by atomic mass is 19.1. The second-order valence-corrected chi connectivity index (χ2v) is 4.64. The predicted octanol–water partition coefficient (Wildman–Crippen LogP) is 2.65. The summed E-state index contributed by atoms with van der Waals surface area (Å²) in [6.45, 7) is 4.12. The first kappa shape index (κ1) is 13.6. The lowest BCUT2D eigenvalue weighted by Gasteiger charge is -2.13.